The second-order valence-corrected chi connectivity index (χ2v) is 5.68. The van der Waals surface area contributed by atoms with Gasteiger partial charge in [-0.2, -0.15) is 0 Å². The molecule has 1 heterocycles. The highest BCUT2D eigenvalue weighted by molar-refractivity contribution is 5.76. The molecule has 3 heteroatoms. The first-order valence-corrected chi connectivity index (χ1v) is 6.41. The first kappa shape index (κ1) is 13.5. The Labute approximate surface area is 99.8 Å². The van der Waals surface area contributed by atoms with Gasteiger partial charge in [-0.3, -0.25) is 4.79 Å². The molecule has 0 aromatic heterocycles. The highest BCUT2D eigenvalue weighted by Gasteiger charge is 2.23. The molecule has 1 saturated heterocycles. The van der Waals surface area contributed by atoms with Crippen LogP contribution in [0.25, 0.3) is 0 Å². The van der Waals surface area contributed by atoms with E-state index in [-0.39, 0.29) is 0 Å². The van der Waals surface area contributed by atoms with Crippen molar-refractivity contribution in [2.75, 3.05) is 33.7 Å². The maximum absolute atomic E-state index is 11.9. The molecule has 1 amide bonds. The standard InChI is InChI=1S/C13H26N2O/c1-11(2)9-13(16)15-7-5-12(6-8-15)10-14(3)4/h11-12H,5-10H2,1-4H3. The summed E-state index contributed by atoms with van der Waals surface area (Å²) in [5.74, 6) is 1.60. The number of rotatable bonds is 4. The molecule has 1 rings (SSSR count). The van der Waals surface area contributed by atoms with E-state index < -0.39 is 0 Å². The van der Waals surface area contributed by atoms with E-state index in [2.05, 4.69) is 32.8 Å². The number of amides is 1. The first-order chi connectivity index (χ1) is 7.49. The second-order valence-electron chi connectivity index (χ2n) is 5.68. The van der Waals surface area contributed by atoms with Gasteiger partial charge >= 0.3 is 0 Å². The summed E-state index contributed by atoms with van der Waals surface area (Å²) in [5, 5.41) is 0. The number of likely N-dealkylation sites (tertiary alicyclic amines) is 1. The zero-order chi connectivity index (χ0) is 12.1. The molecule has 0 radical (unpaired) electrons. The Kier molecular flexibility index (Phi) is 5.26. The van der Waals surface area contributed by atoms with Crippen molar-refractivity contribution in [1.29, 1.82) is 0 Å². The molecule has 0 spiro atoms. The minimum atomic E-state index is 0.346. The van der Waals surface area contributed by atoms with Gasteiger partial charge in [0.1, 0.15) is 0 Å². The molecule has 16 heavy (non-hydrogen) atoms. The van der Waals surface area contributed by atoms with E-state index in [4.69, 9.17) is 0 Å². The van der Waals surface area contributed by atoms with Gasteiger partial charge in [0.15, 0.2) is 0 Å². The highest BCUT2D eigenvalue weighted by atomic mass is 16.2. The number of nitrogens with zero attached hydrogens (tertiary/aromatic N) is 2. The van der Waals surface area contributed by atoms with Gasteiger partial charge in [0.05, 0.1) is 0 Å². The molecule has 0 atom stereocenters. The molecular weight excluding hydrogens is 200 g/mol. The summed E-state index contributed by atoms with van der Waals surface area (Å²) in [6.07, 6.45) is 3.04. The number of hydrogen-bond acceptors (Lipinski definition) is 2. The van der Waals surface area contributed by atoms with Crippen LogP contribution in [0, 0.1) is 11.8 Å². The number of hydrogen-bond donors (Lipinski definition) is 0. The largest absolute Gasteiger partial charge is 0.343 e. The smallest absolute Gasteiger partial charge is 0.222 e. The van der Waals surface area contributed by atoms with E-state index in [0.29, 0.717) is 18.2 Å². The molecule has 1 aliphatic rings. The molecule has 3 nitrogen and oxygen atoms in total. The van der Waals surface area contributed by atoms with Crippen LogP contribution in [0.5, 0.6) is 0 Å². The predicted molar refractivity (Wildman–Crippen MR) is 67.3 cm³/mol. The monoisotopic (exact) mass is 226 g/mol. The Morgan fingerprint density at radius 1 is 1.31 bits per heavy atom. The van der Waals surface area contributed by atoms with Gasteiger partial charge in [0.25, 0.3) is 0 Å². The fraction of sp³-hybridized carbons (Fsp3) is 0.923. The van der Waals surface area contributed by atoms with Crippen LogP contribution in [0.3, 0.4) is 0 Å². The summed E-state index contributed by atoms with van der Waals surface area (Å²) in [7, 11) is 4.24. The van der Waals surface area contributed by atoms with Crippen molar-refractivity contribution in [1.82, 2.24) is 9.80 Å². The molecule has 1 aliphatic heterocycles. The van der Waals surface area contributed by atoms with Crippen molar-refractivity contribution in [2.45, 2.75) is 33.1 Å². The Morgan fingerprint density at radius 2 is 1.88 bits per heavy atom. The molecule has 0 saturated carbocycles. The van der Waals surface area contributed by atoms with E-state index in [0.717, 1.165) is 25.6 Å². The normalized spacial score (nSPS) is 18.5. The Balaban J connectivity index is 2.28. The first-order valence-electron chi connectivity index (χ1n) is 6.41. The summed E-state index contributed by atoms with van der Waals surface area (Å²) in [5.41, 5.74) is 0. The van der Waals surface area contributed by atoms with Crippen LogP contribution in [0.4, 0.5) is 0 Å². The van der Waals surface area contributed by atoms with Crippen LogP contribution in [0.1, 0.15) is 33.1 Å². The van der Waals surface area contributed by atoms with Crippen molar-refractivity contribution in [3.8, 4) is 0 Å². The second kappa shape index (κ2) is 6.24. The maximum atomic E-state index is 11.9. The topological polar surface area (TPSA) is 23.6 Å². The number of carbonyl (C=O) groups excluding carboxylic acids is 1. The molecule has 0 unspecified atom stereocenters. The lowest BCUT2D eigenvalue weighted by molar-refractivity contribution is -0.133. The van der Waals surface area contributed by atoms with Crippen LogP contribution < -0.4 is 0 Å². The number of carbonyl (C=O) groups is 1. The fourth-order valence-electron chi connectivity index (χ4n) is 2.36. The number of piperidine rings is 1. The quantitative estimate of drug-likeness (QED) is 0.730. The average Bonchev–Trinajstić information content (AvgIpc) is 2.16. The highest BCUT2D eigenvalue weighted by Crippen LogP contribution is 2.19. The summed E-state index contributed by atoms with van der Waals surface area (Å²) in [4.78, 5) is 16.1. The Bertz CT molecular complexity index is 218. The van der Waals surface area contributed by atoms with Gasteiger partial charge in [-0.15, -0.1) is 0 Å². The van der Waals surface area contributed by atoms with Gasteiger partial charge in [-0.25, -0.2) is 0 Å². The molecule has 0 aromatic carbocycles. The summed E-state index contributed by atoms with van der Waals surface area (Å²) in [6, 6.07) is 0. The summed E-state index contributed by atoms with van der Waals surface area (Å²) >= 11 is 0. The summed E-state index contributed by atoms with van der Waals surface area (Å²) in [6.45, 7) is 7.30. The molecule has 0 bridgehead atoms. The molecular formula is C13H26N2O. The van der Waals surface area contributed by atoms with Crippen LogP contribution >= 0.6 is 0 Å². The van der Waals surface area contributed by atoms with E-state index >= 15 is 0 Å². The van der Waals surface area contributed by atoms with E-state index in [1.54, 1.807) is 0 Å². The van der Waals surface area contributed by atoms with Crippen molar-refractivity contribution in [3.63, 3.8) is 0 Å². The Morgan fingerprint density at radius 3 is 2.31 bits per heavy atom. The van der Waals surface area contributed by atoms with Gasteiger partial charge in [-0.1, -0.05) is 13.8 Å². The van der Waals surface area contributed by atoms with Crippen LogP contribution in [0.2, 0.25) is 0 Å². The van der Waals surface area contributed by atoms with Gasteiger partial charge in [-0.05, 0) is 38.8 Å². The minimum absolute atomic E-state index is 0.346. The zero-order valence-corrected chi connectivity index (χ0v) is 11.2. The zero-order valence-electron chi connectivity index (χ0n) is 11.2. The van der Waals surface area contributed by atoms with Crippen LogP contribution in [-0.2, 0) is 4.79 Å². The van der Waals surface area contributed by atoms with Crippen molar-refractivity contribution >= 4 is 5.91 Å². The third kappa shape index (κ3) is 4.52. The Hall–Kier alpha value is -0.570. The lowest BCUT2D eigenvalue weighted by Gasteiger charge is -2.33. The van der Waals surface area contributed by atoms with E-state index in [9.17, 15) is 4.79 Å². The van der Waals surface area contributed by atoms with Crippen LogP contribution in [-0.4, -0.2) is 49.4 Å². The van der Waals surface area contributed by atoms with E-state index in [1.165, 1.54) is 12.8 Å². The minimum Gasteiger partial charge on any atom is -0.343 e. The molecule has 94 valence electrons. The molecule has 0 aliphatic carbocycles. The average molecular weight is 226 g/mol. The summed E-state index contributed by atoms with van der Waals surface area (Å²) < 4.78 is 0. The third-order valence-corrected chi connectivity index (χ3v) is 3.17. The molecule has 0 N–H and O–H groups in total. The van der Waals surface area contributed by atoms with Crippen molar-refractivity contribution in [2.24, 2.45) is 11.8 Å². The molecule has 1 fully saturated rings. The third-order valence-electron chi connectivity index (χ3n) is 3.17. The maximum Gasteiger partial charge on any atom is 0.222 e. The van der Waals surface area contributed by atoms with Crippen molar-refractivity contribution in [3.05, 3.63) is 0 Å². The lowest BCUT2D eigenvalue weighted by atomic mass is 9.96. The fourth-order valence-corrected chi connectivity index (χ4v) is 2.36. The van der Waals surface area contributed by atoms with E-state index in [1.807, 2.05) is 4.90 Å². The van der Waals surface area contributed by atoms with Gasteiger partial charge < -0.3 is 9.80 Å². The van der Waals surface area contributed by atoms with Crippen LogP contribution in [0.15, 0.2) is 0 Å². The predicted octanol–water partition coefficient (Wildman–Crippen LogP) is 1.83. The SMILES string of the molecule is CC(C)CC(=O)N1CCC(CN(C)C)CC1. The van der Waals surface area contributed by atoms with Crippen molar-refractivity contribution < 1.29 is 4.79 Å². The van der Waals surface area contributed by atoms with Gasteiger partial charge in [0, 0.05) is 26.1 Å². The van der Waals surface area contributed by atoms with Gasteiger partial charge in [0.2, 0.25) is 5.91 Å². The molecule has 0 aromatic rings. The lowest BCUT2D eigenvalue weighted by Crippen LogP contribution is -2.40.